The van der Waals surface area contributed by atoms with Gasteiger partial charge in [0.05, 0.1) is 6.61 Å². The maximum Gasteiger partial charge on any atom is 0.333 e. The Labute approximate surface area is 114 Å². The second kappa shape index (κ2) is 6.54. The van der Waals surface area contributed by atoms with E-state index in [0.29, 0.717) is 11.1 Å². The largest absolute Gasteiger partial charge is 0.462 e. The van der Waals surface area contributed by atoms with Crippen molar-refractivity contribution in [1.29, 1.82) is 0 Å². The third-order valence-electron chi connectivity index (χ3n) is 2.08. The fraction of sp³-hybridized carbons (Fsp3) is 0.231. The van der Waals surface area contributed by atoms with E-state index in [1.807, 2.05) is 12.1 Å². The molecule has 0 fully saturated rings. The summed E-state index contributed by atoms with van der Waals surface area (Å²) in [4.78, 5) is 22.8. The number of esters is 1. The van der Waals surface area contributed by atoms with Crippen LogP contribution >= 0.6 is 22.6 Å². The third-order valence-corrected chi connectivity index (χ3v) is 2.80. The molecular weight excluding hydrogens is 331 g/mol. The van der Waals surface area contributed by atoms with Gasteiger partial charge in [0.25, 0.3) is 0 Å². The van der Waals surface area contributed by atoms with Crippen LogP contribution < -0.4 is 0 Å². The van der Waals surface area contributed by atoms with Crippen molar-refractivity contribution in [1.82, 2.24) is 0 Å². The minimum Gasteiger partial charge on any atom is -0.462 e. The van der Waals surface area contributed by atoms with Crippen molar-refractivity contribution in [3.8, 4) is 0 Å². The van der Waals surface area contributed by atoms with Gasteiger partial charge in [-0.05, 0) is 41.6 Å². The van der Waals surface area contributed by atoms with Crippen molar-refractivity contribution in [2.75, 3.05) is 6.61 Å². The summed E-state index contributed by atoms with van der Waals surface area (Å²) in [5.41, 5.74) is 0.975. The van der Waals surface area contributed by atoms with Gasteiger partial charge in [-0.25, -0.2) is 4.79 Å². The molecule has 0 atom stereocenters. The number of ketones is 1. The Morgan fingerprint density at radius 2 is 1.88 bits per heavy atom. The fourth-order valence-electron chi connectivity index (χ4n) is 1.14. The summed E-state index contributed by atoms with van der Waals surface area (Å²) in [5.74, 6) is -0.490. The maximum absolute atomic E-state index is 11.7. The smallest absolute Gasteiger partial charge is 0.333 e. The molecule has 0 heterocycles. The number of carbonyl (C=O) groups is 2. The minimum absolute atomic E-state index is 0.0316. The highest BCUT2D eigenvalue weighted by molar-refractivity contribution is 14.1. The highest BCUT2D eigenvalue weighted by Crippen LogP contribution is 2.09. The molecule has 4 heteroatoms. The summed E-state index contributed by atoms with van der Waals surface area (Å²) in [7, 11) is 0. The van der Waals surface area contributed by atoms with E-state index in [1.165, 1.54) is 0 Å². The van der Waals surface area contributed by atoms with E-state index in [-0.39, 0.29) is 18.8 Å². The molecule has 1 aromatic carbocycles. The predicted molar refractivity (Wildman–Crippen MR) is 73.9 cm³/mol. The van der Waals surface area contributed by atoms with Crippen LogP contribution in [0.15, 0.2) is 36.4 Å². The van der Waals surface area contributed by atoms with Crippen LogP contribution in [0.3, 0.4) is 0 Å². The van der Waals surface area contributed by atoms with Crippen molar-refractivity contribution >= 4 is 34.3 Å². The lowest BCUT2D eigenvalue weighted by molar-refractivity contribution is -0.138. The number of hydrogen-bond donors (Lipinski definition) is 0. The minimum atomic E-state index is -0.458. The molecular formula is C13H13IO3. The predicted octanol–water partition coefficient (Wildman–Crippen LogP) is 2.98. The number of hydrogen-bond acceptors (Lipinski definition) is 3. The monoisotopic (exact) mass is 344 g/mol. The van der Waals surface area contributed by atoms with E-state index in [2.05, 4.69) is 29.2 Å². The van der Waals surface area contributed by atoms with Crippen LogP contribution in [0.5, 0.6) is 0 Å². The van der Waals surface area contributed by atoms with E-state index in [9.17, 15) is 9.59 Å². The lowest BCUT2D eigenvalue weighted by atomic mass is 10.1. The van der Waals surface area contributed by atoms with Gasteiger partial charge in [-0.3, -0.25) is 4.79 Å². The Morgan fingerprint density at radius 1 is 1.29 bits per heavy atom. The van der Waals surface area contributed by atoms with Crippen molar-refractivity contribution in [2.24, 2.45) is 0 Å². The summed E-state index contributed by atoms with van der Waals surface area (Å²) in [6, 6.07) is 7.27. The molecule has 3 nitrogen and oxygen atoms in total. The lowest BCUT2D eigenvalue weighted by Crippen LogP contribution is -2.10. The molecule has 0 aliphatic rings. The van der Waals surface area contributed by atoms with Crippen LogP contribution in [0.1, 0.15) is 23.7 Å². The van der Waals surface area contributed by atoms with Gasteiger partial charge >= 0.3 is 5.97 Å². The van der Waals surface area contributed by atoms with Gasteiger partial charge in [0.1, 0.15) is 0 Å². The molecule has 0 radical (unpaired) electrons. The molecule has 0 N–H and O–H groups in total. The summed E-state index contributed by atoms with van der Waals surface area (Å²) in [6.07, 6.45) is 0.194. The summed E-state index contributed by atoms with van der Waals surface area (Å²) >= 11 is 2.17. The van der Waals surface area contributed by atoms with Crippen LogP contribution in [0, 0.1) is 3.57 Å². The zero-order valence-electron chi connectivity index (χ0n) is 9.53. The SMILES string of the molecule is C=C(C)C(=O)OCCC(=O)c1ccc(I)cc1. The number of ether oxygens (including phenoxy) is 1. The second-order valence-corrected chi connectivity index (χ2v) is 4.84. The van der Waals surface area contributed by atoms with Gasteiger partial charge in [0.15, 0.2) is 5.78 Å². The maximum atomic E-state index is 11.7. The Bertz CT molecular complexity index is 434. The normalized spacial score (nSPS) is 9.76. The van der Waals surface area contributed by atoms with Crippen molar-refractivity contribution < 1.29 is 14.3 Å². The van der Waals surface area contributed by atoms with Gasteiger partial charge in [0, 0.05) is 21.1 Å². The molecule has 0 unspecified atom stereocenters. The molecule has 0 saturated heterocycles. The van der Waals surface area contributed by atoms with Crippen LogP contribution in [-0.4, -0.2) is 18.4 Å². The van der Waals surface area contributed by atoms with Gasteiger partial charge in [0.2, 0.25) is 0 Å². The van der Waals surface area contributed by atoms with Crippen molar-refractivity contribution in [2.45, 2.75) is 13.3 Å². The lowest BCUT2D eigenvalue weighted by Gasteiger charge is -2.04. The zero-order valence-corrected chi connectivity index (χ0v) is 11.7. The average Bonchev–Trinajstić information content (AvgIpc) is 2.29. The third kappa shape index (κ3) is 4.68. The first-order chi connectivity index (χ1) is 8.00. The first-order valence-electron chi connectivity index (χ1n) is 5.12. The zero-order chi connectivity index (χ0) is 12.8. The molecule has 0 aliphatic carbocycles. The van der Waals surface area contributed by atoms with Crippen LogP contribution in [0.4, 0.5) is 0 Å². The molecule has 17 heavy (non-hydrogen) atoms. The topological polar surface area (TPSA) is 43.4 Å². The first kappa shape index (κ1) is 13.9. The number of rotatable bonds is 5. The molecule has 1 rings (SSSR count). The fourth-order valence-corrected chi connectivity index (χ4v) is 1.50. The van der Waals surface area contributed by atoms with E-state index >= 15 is 0 Å². The van der Waals surface area contributed by atoms with Crippen LogP contribution in [-0.2, 0) is 9.53 Å². The number of carbonyl (C=O) groups excluding carboxylic acids is 2. The Hall–Kier alpha value is -1.17. The Balaban J connectivity index is 2.43. The molecule has 0 aromatic heterocycles. The van der Waals surface area contributed by atoms with Crippen molar-refractivity contribution in [3.05, 3.63) is 45.6 Å². The Kier molecular flexibility index (Phi) is 5.34. The van der Waals surface area contributed by atoms with E-state index < -0.39 is 5.97 Å². The molecule has 0 bridgehead atoms. The number of Topliss-reactive ketones (excluding diaryl/α,β-unsaturated/α-hetero) is 1. The van der Waals surface area contributed by atoms with Crippen molar-refractivity contribution in [3.63, 3.8) is 0 Å². The summed E-state index contributed by atoms with van der Waals surface area (Å²) in [6.45, 7) is 5.13. The highest BCUT2D eigenvalue weighted by Gasteiger charge is 2.08. The van der Waals surface area contributed by atoms with E-state index in [0.717, 1.165) is 3.57 Å². The van der Waals surface area contributed by atoms with Gasteiger partial charge in [-0.2, -0.15) is 0 Å². The van der Waals surface area contributed by atoms with Gasteiger partial charge < -0.3 is 4.74 Å². The van der Waals surface area contributed by atoms with Gasteiger partial charge in [-0.1, -0.05) is 18.7 Å². The standard InChI is InChI=1S/C13H13IO3/c1-9(2)13(16)17-8-7-12(15)10-3-5-11(14)6-4-10/h3-6H,1,7-8H2,2H3. The number of benzene rings is 1. The summed E-state index contributed by atoms with van der Waals surface area (Å²) in [5, 5.41) is 0. The van der Waals surface area contributed by atoms with Gasteiger partial charge in [-0.15, -0.1) is 0 Å². The second-order valence-electron chi connectivity index (χ2n) is 3.60. The molecule has 0 aliphatic heterocycles. The van der Waals surface area contributed by atoms with E-state index in [4.69, 9.17) is 4.74 Å². The first-order valence-corrected chi connectivity index (χ1v) is 6.20. The number of halogens is 1. The molecule has 0 spiro atoms. The van der Waals surface area contributed by atoms with Crippen LogP contribution in [0.2, 0.25) is 0 Å². The molecule has 0 saturated carbocycles. The average molecular weight is 344 g/mol. The van der Waals surface area contributed by atoms with Crippen LogP contribution in [0.25, 0.3) is 0 Å². The Morgan fingerprint density at radius 3 is 2.41 bits per heavy atom. The highest BCUT2D eigenvalue weighted by atomic mass is 127. The molecule has 90 valence electrons. The van der Waals surface area contributed by atoms with E-state index in [1.54, 1.807) is 19.1 Å². The molecule has 1 aromatic rings. The summed E-state index contributed by atoms with van der Waals surface area (Å²) < 4.78 is 5.94. The molecule has 0 amide bonds. The quantitative estimate of drug-likeness (QED) is 0.357.